The van der Waals surface area contributed by atoms with Crippen LogP contribution in [0.5, 0.6) is 11.6 Å². The summed E-state index contributed by atoms with van der Waals surface area (Å²) < 4.78 is 11.4. The van der Waals surface area contributed by atoms with Gasteiger partial charge in [-0.05, 0) is 30.4 Å². The molecule has 1 aromatic heterocycles. The maximum Gasteiger partial charge on any atom is 0.261 e. The van der Waals surface area contributed by atoms with Gasteiger partial charge in [0.15, 0.2) is 6.61 Å². The third kappa shape index (κ3) is 3.50. The summed E-state index contributed by atoms with van der Waals surface area (Å²) in [6, 6.07) is 13.6. The molecule has 1 saturated carbocycles. The summed E-state index contributed by atoms with van der Waals surface area (Å²) in [6.07, 6.45) is 2.49. The molecule has 0 spiro atoms. The first-order valence-electron chi connectivity index (χ1n) is 8.35. The summed E-state index contributed by atoms with van der Waals surface area (Å²) >= 11 is 0. The van der Waals surface area contributed by atoms with E-state index in [1.165, 1.54) is 12.8 Å². The number of rotatable bonds is 5. The molecule has 2 heterocycles. The van der Waals surface area contributed by atoms with E-state index in [0.717, 1.165) is 17.9 Å². The third-order valence-corrected chi connectivity index (χ3v) is 4.33. The minimum atomic E-state index is -0.0303. The van der Waals surface area contributed by atoms with Crippen molar-refractivity contribution in [2.45, 2.75) is 25.9 Å². The van der Waals surface area contributed by atoms with Gasteiger partial charge in [-0.2, -0.15) is 0 Å². The Kier molecular flexibility index (Phi) is 4.07. The van der Waals surface area contributed by atoms with Gasteiger partial charge in [-0.1, -0.05) is 30.3 Å². The quantitative estimate of drug-likeness (QED) is 0.849. The van der Waals surface area contributed by atoms with Crippen LogP contribution in [0, 0.1) is 5.92 Å². The molecule has 5 nitrogen and oxygen atoms in total. The molecule has 1 aliphatic heterocycles. The van der Waals surface area contributed by atoms with Crippen molar-refractivity contribution in [1.82, 2.24) is 9.88 Å². The highest BCUT2D eigenvalue weighted by Gasteiger charge is 2.25. The number of benzene rings is 1. The highest BCUT2D eigenvalue weighted by atomic mass is 16.5. The maximum absolute atomic E-state index is 12.3. The first-order chi connectivity index (χ1) is 11.8. The van der Waals surface area contributed by atoms with Crippen molar-refractivity contribution >= 4 is 5.91 Å². The first-order valence-corrected chi connectivity index (χ1v) is 8.35. The molecule has 5 heteroatoms. The predicted octanol–water partition coefficient (Wildman–Crippen LogP) is 2.79. The standard InChI is InChI=1S/C19H20N2O3/c22-19-13-23-17-8-9-18(24-12-15-6-7-15)20-16(17)11-21(19)10-14-4-2-1-3-5-14/h1-5,8-9,15H,6-7,10-13H2. The Labute approximate surface area is 141 Å². The van der Waals surface area contributed by atoms with E-state index in [2.05, 4.69) is 4.98 Å². The zero-order chi connectivity index (χ0) is 16.4. The van der Waals surface area contributed by atoms with Crippen molar-refractivity contribution in [2.75, 3.05) is 13.2 Å². The lowest BCUT2D eigenvalue weighted by molar-refractivity contribution is -0.133. The molecule has 2 aromatic rings. The number of fused-ring (bicyclic) bond motifs is 1. The number of carbonyl (C=O) groups excluding carboxylic acids is 1. The Morgan fingerprint density at radius 2 is 2.00 bits per heavy atom. The summed E-state index contributed by atoms with van der Waals surface area (Å²) in [5.74, 6) is 1.92. The second-order valence-corrected chi connectivity index (χ2v) is 6.37. The van der Waals surface area contributed by atoms with Crippen LogP contribution in [0.15, 0.2) is 42.5 Å². The molecule has 0 bridgehead atoms. The van der Waals surface area contributed by atoms with Crippen LogP contribution in [-0.2, 0) is 17.9 Å². The number of nitrogens with zero attached hydrogens (tertiary/aromatic N) is 2. The van der Waals surface area contributed by atoms with Gasteiger partial charge in [-0.3, -0.25) is 4.79 Å². The van der Waals surface area contributed by atoms with Gasteiger partial charge in [0.25, 0.3) is 5.91 Å². The average Bonchev–Trinajstić information content (AvgIpc) is 3.44. The SMILES string of the molecule is O=C1COc2ccc(OCC3CC3)nc2CN1Cc1ccccc1. The summed E-state index contributed by atoms with van der Waals surface area (Å²) in [5.41, 5.74) is 1.85. The number of ether oxygens (including phenoxy) is 2. The minimum absolute atomic E-state index is 0.0303. The molecule has 24 heavy (non-hydrogen) atoms. The topological polar surface area (TPSA) is 51.7 Å². The number of aromatic nitrogens is 1. The van der Waals surface area contributed by atoms with Crippen LogP contribution >= 0.6 is 0 Å². The fraction of sp³-hybridized carbons (Fsp3) is 0.368. The van der Waals surface area contributed by atoms with E-state index in [1.807, 2.05) is 42.5 Å². The summed E-state index contributed by atoms with van der Waals surface area (Å²) in [4.78, 5) is 18.7. The summed E-state index contributed by atoms with van der Waals surface area (Å²) in [5, 5.41) is 0. The van der Waals surface area contributed by atoms with Gasteiger partial charge in [-0.15, -0.1) is 0 Å². The smallest absolute Gasteiger partial charge is 0.261 e. The highest BCUT2D eigenvalue weighted by Crippen LogP contribution is 2.30. The monoisotopic (exact) mass is 324 g/mol. The van der Waals surface area contributed by atoms with Crippen molar-refractivity contribution in [3.8, 4) is 11.6 Å². The number of hydrogen-bond acceptors (Lipinski definition) is 4. The summed E-state index contributed by atoms with van der Waals surface area (Å²) in [7, 11) is 0. The van der Waals surface area contributed by atoms with Crippen LogP contribution in [-0.4, -0.2) is 29.0 Å². The van der Waals surface area contributed by atoms with E-state index in [0.29, 0.717) is 30.6 Å². The lowest BCUT2D eigenvalue weighted by Crippen LogP contribution is -2.32. The van der Waals surface area contributed by atoms with E-state index >= 15 is 0 Å². The second-order valence-electron chi connectivity index (χ2n) is 6.37. The zero-order valence-corrected chi connectivity index (χ0v) is 13.5. The zero-order valence-electron chi connectivity index (χ0n) is 13.5. The highest BCUT2D eigenvalue weighted by molar-refractivity contribution is 5.78. The molecule has 1 fully saturated rings. The lowest BCUT2D eigenvalue weighted by atomic mass is 10.2. The molecule has 0 N–H and O–H groups in total. The fourth-order valence-electron chi connectivity index (χ4n) is 2.73. The largest absolute Gasteiger partial charge is 0.482 e. The normalized spacial score (nSPS) is 17.0. The Morgan fingerprint density at radius 3 is 2.79 bits per heavy atom. The van der Waals surface area contributed by atoms with Crippen LogP contribution in [0.25, 0.3) is 0 Å². The number of carbonyl (C=O) groups is 1. The van der Waals surface area contributed by atoms with E-state index in [1.54, 1.807) is 4.90 Å². The molecule has 1 amide bonds. The van der Waals surface area contributed by atoms with Crippen molar-refractivity contribution < 1.29 is 14.3 Å². The van der Waals surface area contributed by atoms with Gasteiger partial charge in [0, 0.05) is 12.6 Å². The first kappa shape index (κ1) is 15.0. The van der Waals surface area contributed by atoms with Gasteiger partial charge >= 0.3 is 0 Å². The molecule has 2 aliphatic rings. The Morgan fingerprint density at radius 1 is 1.17 bits per heavy atom. The van der Waals surface area contributed by atoms with E-state index in [-0.39, 0.29) is 12.5 Å². The predicted molar refractivity (Wildman–Crippen MR) is 88.6 cm³/mol. The number of hydrogen-bond donors (Lipinski definition) is 0. The van der Waals surface area contributed by atoms with Crippen molar-refractivity contribution in [3.63, 3.8) is 0 Å². The van der Waals surface area contributed by atoms with Crippen LogP contribution in [0.1, 0.15) is 24.1 Å². The number of amides is 1. The molecule has 1 aliphatic carbocycles. The van der Waals surface area contributed by atoms with Gasteiger partial charge < -0.3 is 14.4 Å². The van der Waals surface area contributed by atoms with Gasteiger partial charge in [0.1, 0.15) is 11.4 Å². The van der Waals surface area contributed by atoms with Gasteiger partial charge in [0.2, 0.25) is 5.88 Å². The Balaban J connectivity index is 1.51. The van der Waals surface area contributed by atoms with E-state index in [4.69, 9.17) is 9.47 Å². The van der Waals surface area contributed by atoms with Crippen LogP contribution in [0.2, 0.25) is 0 Å². The molecule has 0 saturated heterocycles. The Hall–Kier alpha value is -2.56. The maximum atomic E-state index is 12.3. The summed E-state index contributed by atoms with van der Waals surface area (Å²) in [6.45, 7) is 1.75. The fourth-order valence-corrected chi connectivity index (χ4v) is 2.73. The molecule has 0 atom stereocenters. The van der Waals surface area contributed by atoms with Crippen molar-refractivity contribution in [2.24, 2.45) is 5.92 Å². The lowest BCUT2D eigenvalue weighted by Gasteiger charge is -2.19. The van der Waals surface area contributed by atoms with Crippen LogP contribution in [0.4, 0.5) is 0 Å². The molecule has 0 unspecified atom stereocenters. The average molecular weight is 324 g/mol. The van der Waals surface area contributed by atoms with E-state index in [9.17, 15) is 4.79 Å². The van der Waals surface area contributed by atoms with Crippen LogP contribution in [0.3, 0.4) is 0 Å². The molecular formula is C19H20N2O3. The van der Waals surface area contributed by atoms with Gasteiger partial charge in [0.05, 0.1) is 13.2 Å². The van der Waals surface area contributed by atoms with E-state index < -0.39 is 0 Å². The van der Waals surface area contributed by atoms with Crippen molar-refractivity contribution in [3.05, 3.63) is 53.7 Å². The van der Waals surface area contributed by atoms with Gasteiger partial charge in [-0.25, -0.2) is 4.98 Å². The van der Waals surface area contributed by atoms with Crippen molar-refractivity contribution in [1.29, 1.82) is 0 Å². The second kappa shape index (κ2) is 6.51. The van der Waals surface area contributed by atoms with Crippen LogP contribution < -0.4 is 9.47 Å². The molecule has 1 aromatic carbocycles. The minimum Gasteiger partial charge on any atom is -0.482 e. The molecular weight excluding hydrogens is 304 g/mol. The number of pyridine rings is 1. The third-order valence-electron chi connectivity index (χ3n) is 4.33. The Bertz CT molecular complexity index is 729. The molecule has 124 valence electrons. The molecule has 4 rings (SSSR count). The molecule has 0 radical (unpaired) electrons.